The summed E-state index contributed by atoms with van der Waals surface area (Å²) >= 11 is 0. The van der Waals surface area contributed by atoms with Crippen LogP contribution in [0.5, 0.6) is 0 Å². The van der Waals surface area contributed by atoms with E-state index in [0.29, 0.717) is 12.3 Å². The molecule has 2 aromatic rings. The maximum absolute atomic E-state index is 6.00. The quantitative estimate of drug-likeness (QED) is 0.402. The van der Waals surface area contributed by atoms with Crippen LogP contribution in [0.2, 0.25) is 0 Å². The van der Waals surface area contributed by atoms with Crippen molar-refractivity contribution in [1.29, 1.82) is 0 Å². The lowest BCUT2D eigenvalue weighted by molar-refractivity contribution is 0.0188. The van der Waals surface area contributed by atoms with E-state index >= 15 is 0 Å². The second-order valence-electron chi connectivity index (χ2n) is 7.61. The fraction of sp³-hybridized carbons (Fsp3) is 0.360. The zero-order valence-electron chi connectivity index (χ0n) is 18.3. The summed E-state index contributed by atoms with van der Waals surface area (Å²) in [7, 11) is 0. The number of rotatable bonds is 12. The van der Waals surface area contributed by atoms with E-state index in [2.05, 4.69) is 52.5 Å². The first-order valence-corrected chi connectivity index (χ1v) is 10.8. The van der Waals surface area contributed by atoms with E-state index in [-0.39, 0.29) is 0 Å². The molecule has 31 heavy (non-hydrogen) atoms. The summed E-state index contributed by atoms with van der Waals surface area (Å²) < 4.78 is 11.2. The lowest BCUT2D eigenvalue weighted by Crippen LogP contribution is -2.38. The molecule has 166 valence electrons. The molecule has 1 heterocycles. The fourth-order valence-corrected chi connectivity index (χ4v) is 3.43. The van der Waals surface area contributed by atoms with Crippen LogP contribution in [-0.2, 0) is 16.0 Å². The number of morpholine rings is 1. The standard InChI is InChI=1S/C25H34N4O2/c1-3-28(12-16-30-17-13-29-14-18-31-19-15-29)20-22-8-10-23(11-9-22)21(2)27-25-7-5-4-6-24(25)26/h3-11,27H,1-2,12-20,26H2. The Kier molecular flexibility index (Phi) is 8.97. The van der Waals surface area contributed by atoms with E-state index in [9.17, 15) is 0 Å². The highest BCUT2D eigenvalue weighted by Crippen LogP contribution is 2.22. The number of benzene rings is 2. The van der Waals surface area contributed by atoms with Gasteiger partial charge in [-0.1, -0.05) is 49.6 Å². The molecule has 6 heteroatoms. The molecule has 0 unspecified atom stereocenters. The molecule has 3 N–H and O–H groups in total. The van der Waals surface area contributed by atoms with Gasteiger partial charge in [-0.05, 0) is 29.5 Å². The number of nitrogens with two attached hydrogens (primary N) is 1. The Hall–Kier alpha value is -2.80. The predicted molar refractivity (Wildman–Crippen MR) is 129 cm³/mol. The van der Waals surface area contributed by atoms with Gasteiger partial charge in [0.15, 0.2) is 0 Å². The Balaban J connectivity index is 1.40. The first kappa shape index (κ1) is 22.9. The number of hydrogen-bond acceptors (Lipinski definition) is 6. The maximum Gasteiger partial charge on any atom is 0.0642 e. The molecular formula is C25H34N4O2. The third-order valence-corrected chi connectivity index (χ3v) is 5.37. The number of nitrogens with one attached hydrogen (secondary N) is 1. The van der Waals surface area contributed by atoms with Crippen LogP contribution < -0.4 is 11.1 Å². The fourth-order valence-electron chi connectivity index (χ4n) is 3.43. The number of nitrogens with zero attached hydrogens (tertiary/aromatic N) is 2. The summed E-state index contributed by atoms with van der Waals surface area (Å²) in [6.45, 7) is 15.7. The third-order valence-electron chi connectivity index (χ3n) is 5.37. The molecule has 0 amide bonds. The summed E-state index contributed by atoms with van der Waals surface area (Å²) in [5.41, 5.74) is 10.6. The predicted octanol–water partition coefficient (Wildman–Crippen LogP) is 3.65. The lowest BCUT2D eigenvalue weighted by Gasteiger charge is -2.26. The summed E-state index contributed by atoms with van der Waals surface area (Å²) in [5, 5.41) is 3.29. The molecule has 1 saturated heterocycles. The van der Waals surface area contributed by atoms with Gasteiger partial charge in [0.1, 0.15) is 0 Å². The van der Waals surface area contributed by atoms with Gasteiger partial charge < -0.3 is 25.4 Å². The van der Waals surface area contributed by atoms with Crippen LogP contribution in [0, 0.1) is 0 Å². The highest BCUT2D eigenvalue weighted by Gasteiger charge is 2.09. The first-order valence-electron chi connectivity index (χ1n) is 10.8. The van der Waals surface area contributed by atoms with Crippen molar-refractivity contribution in [3.63, 3.8) is 0 Å². The smallest absolute Gasteiger partial charge is 0.0642 e. The minimum absolute atomic E-state index is 0.688. The minimum atomic E-state index is 0.688. The summed E-state index contributed by atoms with van der Waals surface area (Å²) in [6.07, 6.45) is 1.87. The van der Waals surface area contributed by atoms with E-state index in [1.165, 1.54) is 5.56 Å². The molecule has 0 saturated carbocycles. The van der Waals surface area contributed by atoms with E-state index in [0.717, 1.165) is 69.5 Å². The van der Waals surface area contributed by atoms with Crippen LogP contribution in [0.1, 0.15) is 11.1 Å². The number of hydrogen-bond donors (Lipinski definition) is 2. The molecule has 1 aliphatic heterocycles. The summed E-state index contributed by atoms with van der Waals surface area (Å²) in [6, 6.07) is 16.1. The van der Waals surface area contributed by atoms with Crippen molar-refractivity contribution in [3.05, 3.63) is 79.0 Å². The van der Waals surface area contributed by atoms with Crippen molar-refractivity contribution in [2.24, 2.45) is 0 Å². The average Bonchev–Trinajstić information content (AvgIpc) is 2.80. The van der Waals surface area contributed by atoms with Gasteiger partial charge in [-0.25, -0.2) is 0 Å². The normalized spacial score (nSPS) is 14.2. The van der Waals surface area contributed by atoms with Gasteiger partial charge in [0, 0.05) is 38.4 Å². The Morgan fingerprint density at radius 2 is 1.87 bits per heavy atom. The Morgan fingerprint density at radius 1 is 1.13 bits per heavy atom. The summed E-state index contributed by atoms with van der Waals surface area (Å²) in [4.78, 5) is 4.55. The topological polar surface area (TPSA) is 63.0 Å². The third kappa shape index (κ3) is 7.43. The molecule has 0 aliphatic carbocycles. The van der Waals surface area contributed by atoms with Crippen LogP contribution in [-0.4, -0.2) is 62.4 Å². The van der Waals surface area contributed by atoms with E-state index in [1.807, 2.05) is 30.5 Å². The molecular weight excluding hydrogens is 388 g/mol. The molecule has 6 nitrogen and oxygen atoms in total. The molecule has 0 aromatic heterocycles. The number of nitrogen functional groups attached to an aromatic ring is 1. The van der Waals surface area contributed by atoms with E-state index in [1.54, 1.807) is 0 Å². The molecule has 0 spiro atoms. The largest absolute Gasteiger partial charge is 0.397 e. The van der Waals surface area contributed by atoms with Crippen LogP contribution in [0.25, 0.3) is 5.70 Å². The highest BCUT2D eigenvalue weighted by molar-refractivity contribution is 5.80. The number of ether oxygens (including phenoxy) is 2. The molecule has 0 atom stereocenters. The van der Waals surface area contributed by atoms with Gasteiger partial charge in [-0.2, -0.15) is 0 Å². The second-order valence-corrected chi connectivity index (χ2v) is 7.61. The zero-order chi connectivity index (χ0) is 21.9. The highest BCUT2D eigenvalue weighted by atomic mass is 16.5. The monoisotopic (exact) mass is 422 g/mol. The van der Waals surface area contributed by atoms with Crippen molar-refractivity contribution in [2.45, 2.75) is 6.54 Å². The molecule has 0 radical (unpaired) electrons. The van der Waals surface area contributed by atoms with E-state index in [4.69, 9.17) is 15.2 Å². The molecule has 1 fully saturated rings. The van der Waals surface area contributed by atoms with Gasteiger partial charge in [-0.15, -0.1) is 0 Å². The van der Waals surface area contributed by atoms with Crippen molar-refractivity contribution in [2.75, 3.05) is 63.7 Å². The van der Waals surface area contributed by atoms with Gasteiger partial charge in [0.25, 0.3) is 0 Å². The molecule has 1 aliphatic rings. The van der Waals surface area contributed by atoms with Crippen LogP contribution in [0.3, 0.4) is 0 Å². The van der Waals surface area contributed by atoms with Crippen molar-refractivity contribution in [1.82, 2.24) is 9.80 Å². The zero-order valence-corrected chi connectivity index (χ0v) is 18.3. The van der Waals surface area contributed by atoms with Crippen LogP contribution in [0.4, 0.5) is 11.4 Å². The molecule has 2 aromatic carbocycles. The molecule has 0 bridgehead atoms. The average molecular weight is 423 g/mol. The van der Waals surface area contributed by atoms with Gasteiger partial charge in [0.2, 0.25) is 0 Å². The first-order chi connectivity index (χ1) is 15.2. The minimum Gasteiger partial charge on any atom is -0.397 e. The van der Waals surface area contributed by atoms with Crippen molar-refractivity contribution in [3.8, 4) is 0 Å². The van der Waals surface area contributed by atoms with Crippen molar-refractivity contribution >= 4 is 17.1 Å². The Morgan fingerprint density at radius 3 is 2.58 bits per heavy atom. The number of anilines is 2. The second kappa shape index (κ2) is 12.2. The summed E-state index contributed by atoms with van der Waals surface area (Å²) in [5.74, 6) is 0. The van der Waals surface area contributed by atoms with Crippen molar-refractivity contribution < 1.29 is 9.47 Å². The van der Waals surface area contributed by atoms with Crippen LogP contribution >= 0.6 is 0 Å². The Labute approximate surface area is 185 Å². The SMILES string of the molecule is C=CN(CCOCCN1CCOCC1)Cc1ccc(C(=C)Nc2ccccc2N)cc1. The number of para-hydroxylation sites is 2. The van der Waals surface area contributed by atoms with Gasteiger partial charge in [0.05, 0.1) is 37.8 Å². The maximum atomic E-state index is 6.00. The molecule has 3 rings (SSSR count). The van der Waals surface area contributed by atoms with E-state index < -0.39 is 0 Å². The van der Waals surface area contributed by atoms with Gasteiger partial charge >= 0.3 is 0 Å². The van der Waals surface area contributed by atoms with Gasteiger partial charge in [-0.3, -0.25) is 4.90 Å². The Bertz CT molecular complexity index is 832. The van der Waals surface area contributed by atoms with Crippen LogP contribution in [0.15, 0.2) is 67.9 Å². The lowest BCUT2D eigenvalue weighted by atomic mass is 10.1.